The number of carbonyl (C=O) groups is 1. The molecule has 4 nitrogen and oxygen atoms in total. The molecule has 1 N–H and O–H groups in total. The van der Waals surface area contributed by atoms with E-state index in [2.05, 4.69) is 6.07 Å². The van der Waals surface area contributed by atoms with Gasteiger partial charge in [0.05, 0.1) is 18.7 Å². The largest absolute Gasteiger partial charge is 0.480 e. The molecule has 0 bridgehead atoms. The molecule has 0 aromatic rings. The minimum absolute atomic E-state index is 0.0545. The predicted molar refractivity (Wildman–Crippen MR) is 53.8 cm³/mol. The second-order valence-electron chi connectivity index (χ2n) is 3.38. The van der Waals surface area contributed by atoms with Crippen LogP contribution in [0.2, 0.25) is 0 Å². The molecule has 0 aliphatic carbocycles. The number of aliphatic carboxylic acids is 1. The Morgan fingerprint density at radius 1 is 1.50 bits per heavy atom. The summed E-state index contributed by atoms with van der Waals surface area (Å²) in [6, 6.07) is 1.98. The summed E-state index contributed by atoms with van der Waals surface area (Å²) in [7, 11) is 0. The van der Waals surface area contributed by atoms with E-state index in [1.165, 1.54) is 0 Å². The SMILES string of the molecule is CCC(C)N(CC(=O)O)C(C#N)CC. The van der Waals surface area contributed by atoms with Gasteiger partial charge in [0.2, 0.25) is 0 Å². The number of nitriles is 1. The zero-order valence-electron chi connectivity index (χ0n) is 9.03. The van der Waals surface area contributed by atoms with E-state index >= 15 is 0 Å². The van der Waals surface area contributed by atoms with E-state index in [1.807, 2.05) is 20.8 Å². The van der Waals surface area contributed by atoms with Gasteiger partial charge in [-0.1, -0.05) is 13.8 Å². The highest BCUT2D eigenvalue weighted by molar-refractivity contribution is 5.69. The van der Waals surface area contributed by atoms with E-state index in [-0.39, 0.29) is 18.6 Å². The van der Waals surface area contributed by atoms with Crippen molar-refractivity contribution in [1.82, 2.24) is 4.90 Å². The van der Waals surface area contributed by atoms with Crippen molar-refractivity contribution in [3.63, 3.8) is 0 Å². The Kier molecular flexibility index (Phi) is 5.89. The molecule has 0 aromatic carbocycles. The highest BCUT2D eigenvalue weighted by atomic mass is 16.4. The van der Waals surface area contributed by atoms with Crippen molar-refractivity contribution >= 4 is 5.97 Å². The molecule has 2 unspecified atom stereocenters. The van der Waals surface area contributed by atoms with Crippen molar-refractivity contribution in [3.05, 3.63) is 0 Å². The molecule has 0 saturated heterocycles. The van der Waals surface area contributed by atoms with Crippen LogP contribution in [-0.4, -0.2) is 34.6 Å². The monoisotopic (exact) mass is 198 g/mol. The van der Waals surface area contributed by atoms with Crippen LogP contribution < -0.4 is 0 Å². The fourth-order valence-corrected chi connectivity index (χ4v) is 1.36. The predicted octanol–water partition coefficient (Wildman–Crippen LogP) is 1.47. The smallest absolute Gasteiger partial charge is 0.317 e. The van der Waals surface area contributed by atoms with Crippen molar-refractivity contribution in [2.75, 3.05) is 6.54 Å². The lowest BCUT2D eigenvalue weighted by Crippen LogP contribution is -2.43. The summed E-state index contributed by atoms with van der Waals surface area (Å²) >= 11 is 0. The second kappa shape index (κ2) is 6.39. The van der Waals surface area contributed by atoms with E-state index in [1.54, 1.807) is 4.90 Å². The van der Waals surface area contributed by atoms with Gasteiger partial charge < -0.3 is 5.11 Å². The molecule has 0 rings (SSSR count). The van der Waals surface area contributed by atoms with Gasteiger partial charge in [-0.3, -0.25) is 9.69 Å². The topological polar surface area (TPSA) is 64.3 Å². The number of carboxylic acid groups (broad SMARTS) is 1. The van der Waals surface area contributed by atoms with Crippen molar-refractivity contribution in [2.24, 2.45) is 0 Å². The minimum Gasteiger partial charge on any atom is -0.480 e. The molecule has 0 radical (unpaired) electrons. The third-order valence-electron chi connectivity index (χ3n) is 2.41. The van der Waals surface area contributed by atoms with Crippen LogP contribution in [0.15, 0.2) is 0 Å². The van der Waals surface area contributed by atoms with Crippen LogP contribution in [-0.2, 0) is 4.79 Å². The summed E-state index contributed by atoms with van der Waals surface area (Å²) in [5, 5.41) is 17.6. The lowest BCUT2D eigenvalue weighted by molar-refractivity contribution is -0.139. The molecule has 0 amide bonds. The molecule has 2 atom stereocenters. The second-order valence-corrected chi connectivity index (χ2v) is 3.38. The number of hydrogen-bond donors (Lipinski definition) is 1. The highest BCUT2D eigenvalue weighted by Crippen LogP contribution is 2.10. The first-order valence-electron chi connectivity index (χ1n) is 4.93. The molecule has 0 spiro atoms. The number of nitrogens with zero attached hydrogens (tertiary/aromatic N) is 2. The van der Waals surface area contributed by atoms with Crippen molar-refractivity contribution in [2.45, 2.75) is 45.7 Å². The molecule has 0 saturated carbocycles. The lowest BCUT2D eigenvalue weighted by atomic mass is 10.1. The van der Waals surface area contributed by atoms with Gasteiger partial charge in [-0.2, -0.15) is 5.26 Å². The molecule has 4 heteroatoms. The summed E-state index contributed by atoms with van der Waals surface area (Å²) in [5.74, 6) is -0.876. The highest BCUT2D eigenvalue weighted by Gasteiger charge is 2.22. The molecular formula is C10H18N2O2. The van der Waals surface area contributed by atoms with Crippen LogP contribution in [0.25, 0.3) is 0 Å². The Labute approximate surface area is 85.1 Å². The summed E-state index contributed by atoms with van der Waals surface area (Å²) in [6.07, 6.45) is 1.51. The quantitative estimate of drug-likeness (QED) is 0.702. The van der Waals surface area contributed by atoms with Gasteiger partial charge in [0.1, 0.15) is 0 Å². The zero-order valence-corrected chi connectivity index (χ0v) is 9.03. The van der Waals surface area contributed by atoms with E-state index in [0.717, 1.165) is 6.42 Å². The minimum atomic E-state index is -0.876. The van der Waals surface area contributed by atoms with Crippen LogP contribution in [0.3, 0.4) is 0 Å². The Morgan fingerprint density at radius 2 is 2.07 bits per heavy atom. The zero-order chi connectivity index (χ0) is 11.1. The Bertz CT molecular complexity index is 223. The fraction of sp³-hybridized carbons (Fsp3) is 0.800. The summed E-state index contributed by atoms with van der Waals surface area (Å²) < 4.78 is 0. The van der Waals surface area contributed by atoms with E-state index < -0.39 is 5.97 Å². The van der Waals surface area contributed by atoms with Crippen LogP contribution in [0.4, 0.5) is 0 Å². The summed E-state index contributed by atoms with van der Waals surface area (Å²) in [5.41, 5.74) is 0. The molecule has 0 aliphatic heterocycles. The lowest BCUT2D eigenvalue weighted by Gasteiger charge is -2.30. The van der Waals surface area contributed by atoms with Gasteiger partial charge in [-0.25, -0.2) is 0 Å². The Balaban J connectivity index is 4.53. The van der Waals surface area contributed by atoms with E-state index in [9.17, 15) is 4.79 Å². The van der Waals surface area contributed by atoms with Gasteiger partial charge in [0.25, 0.3) is 0 Å². The first-order valence-corrected chi connectivity index (χ1v) is 4.93. The van der Waals surface area contributed by atoms with Crippen LogP contribution in [0, 0.1) is 11.3 Å². The molecule has 0 aromatic heterocycles. The van der Waals surface area contributed by atoms with Crippen LogP contribution >= 0.6 is 0 Å². The first kappa shape index (κ1) is 12.9. The maximum Gasteiger partial charge on any atom is 0.317 e. The maximum atomic E-state index is 10.6. The third-order valence-corrected chi connectivity index (χ3v) is 2.41. The first-order chi connectivity index (χ1) is 6.56. The van der Waals surface area contributed by atoms with Gasteiger partial charge in [0, 0.05) is 6.04 Å². The molecule has 0 heterocycles. The summed E-state index contributed by atoms with van der Waals surface area (Å²) in [6.45, 7) is 5.78. The molecular weight excluding hydrogens is 180 g/mol. The number of rotatable bonds is 6. The third kappa shape index (κ3) is 3.75. The molecule has 80 valence electrons. The number of carboxylic acids is 1. The van der Waals surface area contributed by atoms with Crippen LogP contribution in [0.1, 0.15) is 33.6 Å². The molecule has 0 aliphatic rings. The molecule has 14 heavy (non-hydrogen) atoms. The number of hydrogen-bond acceptors (Lipinski definition) is 3. The van der Waals surface area contributed by atoms with Gasteiger partial charge >= 0.3 is 5.97 Å². The van der Waals surface area contributed by atoms with Gasteiger partial charge in [0.15, 0.2) is 0 Å². The standard InChI is InChI=1S/C10H18N2O2/c1-4-8(3)12(7-10(13)14)9(5-2)6-11/h8-9H,4-5,7H2,1-3H3,(H,13,14). The maximum absolute atomic E-state index is 10.6. The normalized spacial score (nSPS) is 14.8. The van der Waals surface area contributed by atoms with Crippen LogP contribution in [0.5, 0.6) is 0 Å². The Morgan fingerprint density at radius 3 is 2.36 bits per heavy atom. The Hall–Kier alpha value is -1.08. The molecule has 0 fully saturated rings. The van der Waals surface area contributed by atoms with Crippen molar-refractivity contribution in [1.29, 1.82) is 5.26 Å². The fourth-order valence-electron chi connectivity index (χ4n) is 1.36. The van der Waals surface area contributed by atoms with E-state index in [4.69, 9.17) is 10.4 Å². The van der Waals surface area contributed by atoms with Crippen molar-refractivity contribution < 1.29 is 9.90 Å². The van der Waals surface area contributed by atoms with Gasteiger partial charge in [-0.05, 0) is 19.8 Å². The van der Waals surface area contributed by atoms with Crippen molar-refractivity contribution in [3.8, 4) is 6.07 Å². The average molecular weight is 198 g/mol. The van der Waals surface area contributed by atoms with E-state index in [0.29, 0.717) is 6.42 Å². The van der Waals surface area contributed by atoms with Gasteiger partial charge in [-0.15, -0.1) is 0 Å². The average Bonchev–Trinajstić information content (AvgIpc) is 2.16. The summed E-state index contributed by atoms with van der Waals surface area (Å²) in [4.78, 5) is 12.4.